The molecule has 0 radical (unpaired) electrons. The van der Waals surface area contributed by atoms with E-state index in [-0.39, 0.29) is 24.3 Å². The number of thiophene rings is 1. The van der Waals surface area contributed by atoms with E-state index in [4.69, 9.17) is 4.74 Å². The zero-order valence-corrected chi connectivity index (χ0v) is 21.3. The molecule has 6 heteroatoms. The average Bonchev–Trinajstić information content (AvgIpc) is 3.27. The van der Waals surface area contributed by atoms with Crippen molar-refractivity contribution in [2.24, 2.45) is 5.92 Å². The number of benzene rings is 2. The lowest BCUT2D eigenvalue weighted by molar-refractivity contribution is -0.133. The molecular formula is C28H34N2O3S. The fourth-order valence-electron chi connectivity index (χ4n) is 3.72. The fourth-order valence-corrected chi connectivity index (χ4v) is 4.63. The van der Waals surface area contributed by atoms with Crippen molar-refractivity contribution in [3.63, 3.8) is 0 Å². The molecule has 0 saturated carbocycles. The molecule has 1 heterocycles. The van der Waals surface area contributed by atoms with E-state index in [0.29, 0.717) is 30.9 Å². The molecule has 34 heavy (non-hydrogen) atoms. The number of amides is 2. The maximum absolute atomic E-state index is 13.6. The van der Waals surface area contributed by atoms with Gasteiger partial charge in [0.1, 0.15) is 12.3 Å². The highest BCUT2D eigenvalue weighted by Gasteiger charge is 2.24. The Morgan fingerprint density at radius 1 is 0.971 bits per heavy atom. The highest BCUT2D eigenvalue weighted by Crippen LogP contribution is 2.20. The third kappa shape index (κ3) is 7.19. The number of hydrogen-bond donors (Lipinski definition) is 0. The third-order valence-electron chi connectivity index (χ3n) is 5.87. The molecule has 0 saturated heterocycles. The summed E-state index contributed by atoms with van der Waals surface area (Å²) in [6.45, 7) is 7.86. The molecule has 1 aromatic heterocycles. The highest BCUT2D eigenvalue weighted by molar-refractivity contribution is 7.11. The van der Waals surface area contributed by atoms with E-state index < -0.39 is 0 Å². The van der Waals surface area contributed by atoms with Gasteiger partial charge in [-0.25, -0.2) is 0 Å². The summed E-state index contributed by atoms with van der Waals surface area (Å²) in [6, 6.07) is 21.2. The second-order valence-electron chi connectivity index (χ2n) is 8.68. The predicted octanol–water partition coefficient (Wildman–Crippen LogP) is 5.78. The minimum Gasteiger partial charge on any atom is -0.497 e. The molecule has 0 aliphatic rings. The van der Waals surface area contributed by atoms with Crippen LogP contribution in [-0.4, -0.2) is 41.8 Å². The minimum atomic E-state index is -0.154. The number of nitrogens with zero attached hydrogens (tertiary/aromatic N) is 2. The molecule has 0 aliphatic heterocycles. The van der Waals surface area contributed by atoms with Crippen LogP contribution >= 0.6 is 11.3 Å². The third-order valence-corrected chi connectivity index (χ3v) is 6.86. The first kappa shape index (κ1) is 25.5. The Labute approximate surface area is 207 Å². The Morgan fingerprint density at radius 3 is 2.38 bits per heavy atom. The van der Waals surface area contributed by atoms with Gasteiger partial charge in [-0.15, -0.1) is 11.3 Å². The molecule has 3 rings (SSSR count). The van der Waals surface area contributed by atoms with Gasteiger partial charge >= 0.3 is 0 Å². The number of ether oxygens (including phenoxy) is 1. The van der Waals surface area contributed by atoms with Gasteiger partial charge in [-0.3, -0.25) is 9.59 Å². The van der Waals surface area contributed by atoms with Gasteiger partial charge in [0.25, 0.3) is 5.91 Å². The zero-order chi connectivity index (χ0) is 24.5. The summed E-state index contributed by atoms with van der Waals surface area (Å²) in [5, 5.41) is 0. The van der Waals surface area contributed by atoms with E-state index in [1.165, 1.54) is 4.88 Å². The first-order valence-electron chi connectivity index (χ1n) is 11.7. The highest BCUT2D eigenvalue weighted by atomic mass is 32.1. The molecule has 0 aliphatic carbocycles. The van der Waals surface area contributed by atoms with E-state index >= 15 is 0 Å². The molecule has 1 atom stereocenters. The molecular weight excluding hydrogens is 444 g/mol. The molecule has 0 fully saturated rings. The van der Waals surface area contributed by atoms with E-state index in [1.54, 1.807) is 41.5 Å². The normalized spacial score (nSPS) is 11.6. The number of rotatable bonds is 11. The number of carbonyl (C=O) groups excluding carboxylic acids is 2. The van der Waals surface area contributed by atoms with E-state index in [9.17, 15) is 9.59 Å². The first-order valence-corrected chi connectivity index (χ1v) is 12.5. The largest absolute Gasteiger partial charge is 0.497 e. The van der Waals surface area contributed by atoms with Crippen LogP contribution in [0.4, 0.5) is 0 Å². The monoisotopic (exact) mass is 478 g/mol. The summed E-state index contributed by atoms with van der Waals surface area (Å²) >= 11 is 1.70. The van der Waals surface area contributed by atoms with Crippen LogP contribution in [0.1, 0.15) is 45.9 Å². The summed E-state index contributed by atoms with van der Waals surface area (Å²) < 4.78 is 5.30. The second-order valence-corrected chi connectivity index (χ2v) is 10.1. The second kappa shape index (κ2) is 12.4. The predicted molar refractivity (Wildman–Crippen MR) is 138 cm³/mol. The van der Waals surface area contributed by atoms with Crippen LogP contribution in [-0.2, 0) is 17.9 Å². The SMILES string of the molecule is CC[C@@H](C)CN(CC(=O)N(Cc1ccccc1)Cc1ccc(C)s1)C(=O)c1cccc(OC)c1. The van der Waals surface area contributed by atoms with Crippen molar-refractivity contribution in [1.82, 2.24) is 9.80 Å². The van der Waals surface area contributed by atoms with E-state index in [2.05, 4.69) is 32.9 Å². The minimum absolute atomic E-state index is 0.0393. The number of aryl methyl sites for hydroxylation is 1. The Balaban J connectivity index is 1.84. The summed E-state index contributed by atoms with van der Waals surface area (Å²) in [5.41, 5.74) is 1.59. The summed E-state index contributed by atoms with van der Waals surface area (Å²) in [7, 11) is 1.58. The maximum Gasteiger partial charge on any atom is 0.254 e. The van der Waals surface area contributed by atoms with Gasteiger partial charge < -0.3 is 14.5 Å². The Bertz CT molecular complexity index is 1080. The Morgan fingerprint density at radius 2 is 1.74 bits per heavy atom. The summed E-state index contributed by atoms with van der Waals surface area (Å²) in [4.78, 5) is 32.9. The smallest absolute Gasteiger partial charge is 0.254 e. The van der Waals surface area contributed by atoms with Crippen molar-refractivity contribution in [2.45, 2.75) is 40.3 Å². The van der Waals surface area contributed by atoms with E-state index in [0.717, 1.165) is 16.9 Å². The van der Waals surface area contributed by atoms with Gasteiger partial charge in [0.15, 0.2) is 0 Å². The molecule has 5 nitrogen and oxygen atoms in total. The molecule has 2 amide bonds. The molecule has 0 unspecified atom stereocenters. The molecule has 180 valence electrons. The van der Waals surface area contributed by atoms with Gasteiger partial charge in [-0.05, 0) is 48.7 Å². The van der Waals surface area contributed by atoms with Crippen molar-refractivity contribution >= 4 is 23.2 Å². The van der Waals surface area contributed by atoms with Crippen LogP contribution in [0.3, 0.4) is 0 Å². The van der Waals surface area contributed by atoms with Crippen molar-refractivity contribution in [2.75, 3.05) is 20.2 Å². The van der Waals surface area contributed by atoms with Crippen LogP contribution in [0.5, 0.6) is 5.75 Å². The number of hydrogen-bond acceptors (Lipinski definition) is 4. The maximum atomic E-state index is 13.6. The van der Waals surface area contributed by atoms with Gasteiger partial charge in [0, 0.05) is 28.4 Å². The Kier molecular flexibility index (Phi) is 9.28. The van der Waals surface area contributed by atoms with Crippen LogP contribution < -0.4 is 4.74 Å². The van der Waals surface area contributed by atoms with Crippen molar-refractivity contribution < 1.29 is 14.3 Å². The lowest BCUT2D eigenvalue weighted by atomic mass is 10.1. The van der Waals surface area contributed by atoms with Crippen molar-refractivity contribution in [3.05, 3.63) is 87.6 Å². The van der Waals surface area contributed by atoms with Gasteiger partial charge in [-0.1, -0.05) is 56.7 Å². The topological polar surface area (TPSA) is 49.9 Å². The van der Waals surface area contributed by atoms with Gasteiger partial charge in [0.2, 0.25) is 5.91 Å². The molecule has 3 aromatic rings. The molecule has 0 bridgehead atoms. The standard InChI is InChI=1S/C28H34N2O3S/c1-5-21(2)17-30(28(32)24-12-9-13-25(16-24)33-4)20-27(31)29(18-23-10-7-6-8-11-23)19-26-15-14-22(3)34-26/h6-16,21H,5,17-20H2,1-4H3/t21-/m1/s1. The summed E-state index contributed by atoms with van der Waals surface area (Å²) in [5.74, 6) is 0.693. The fraction of sp³-hybridized carbons (Fsp3) is 0.357. The first-order chi connectivity index (χ1) is 16.4. The van der Waals surface area contributed by atoms with E-state index in [1.807, 2.05) is 41.3 Å². The van der Waals surface area contributed by atoms with Gasteiger partial charge in [0.05, 0.1) is 13.7 Å². The molecule has 0 N–H and O–H groups in total. The Hall–Kier alpha value is -3.12. The average molecular weight is 479 g/mol. The van der Waals surface area contributed by atoms with Crippen LogP contribution in [0.2, 0.25) is 0 Å². The van der Waals surface area contributed by atoms with Crippen LogP contribution in [0, 0.1) is 12.8 Å². The number of methoxy groups -OCH3 is 1. The molecule has 0 spiro atoms. The quantitative estimate of drug-likeness (QED) is 0.351. The zero-order valence-electron chi connectivity index (χ0n) is 20.5. The lowest BCUT2D eigenvalue weighted by Gasteiger charge is -2.29. The summed E-state index contributed by atoms with van der Waals surface area (Å²) in [6.07, 6.45) is 0.929. The van der Waals surface area contributed by atoms with Crippen molar-refractivity contribution in [3.8, 4) is 5.75 Å². The van der Waals surface area contributed by atoms with Gasteiger partial charge in [-0.2, -0.15) is 0 Å². The number of carbonyl (C=O) groups is 2. The molecule has 2 aromatic carbocycles. The van der Waals surface area contributed by atoms with Crippen molar-refractivity contribution in [1.29, 1.82) is 0 Å². The van der Waals surface area contributed by atoms with Crippen LogP contribution in [0.15, 0.2) is 66.7 Å². The lowest BCUT2D eigenvalue weighted by Crippen LogP contribution is -2.44. The van der Waals surface area contributed by atoms with Crippen LogP contribution in [0.25, 0.3) is 0 Å².